The van der Waals surface area contributed by atoms with Gasteiger partial charge in [0.1, 0.15) is 0 Å². The van der Waals surface area contributed by atoms with Gasteiger partial charge in [-0.1, -0.05) is 22.4 Å². The predicted octanol–water partition coefficient (Wildman–Crippen LogP) is 2.56. The molecule has 3 N–H and O–H groups in total. The molecule has 2 fully saturated rings. The van der Waals surface area contributed by atoms with Crippen LogP contribution in [0.3, 0.4) is 0 Å². The highest BCUT2D eigenvalue weighted by Crippen LogP contribution is 2.29. The number of carbonyl (C=O) groups excluding carboxylic acids is 1. The Labute approximate surface area is 157 Å². The Morgan fingerprint density at radius 1 is 1.29 bits per heavy atom. The molecule has 0 spiro atoms. The molecule has 0 radical (unpaired) electrons. The van der Waals surface area contributed by atoms with Gasteiger partial charge in [-0.2, -0.15) is 0 Å². The second kappa shape index (κ2) is 9.73. The lowest BCUT2D eigenvalue weighted by molar-refractivity contribution is -0.115. The van der Waals surface area contributed by atoms with Crippen molar-refractivity contribution in [3.8, 4) is 0 Å². The van der Waals surface area contributed by atoms with Crippen LogP contribution in [0, 0.1) is 5.92 Å². The van der Waals surface area contributed by atoms with E-state index in [0.717, 1.165) is 36.3 Å². The van der Waals surface area contributed by atoms with Crippen LogP contribution in [0.5, 0.6) is 0 Å². The lowest BCUT2D eigenvalue weighted by atomic mass is 9.94. The third kappa shape index (κ3) is 5.43. The number of ether oxygens (including phenoxy) is 1. The number of morpholine rings is 1. The van der Waals surface area contributed by atoms with Crippen molar-refractivity contribution < 1.29 is 9.53 Å². The molecule has 2 aliphatic rings. The third-order valence-corrected chi connectivity index (χ3v) is 5.22. The highest BCUT2D eigenvalue weighted by molar-refractivity contribution is 9.10. The van der Waals surface area contributed by atoms with Gasteiger partial charge in [0, 0.05) is 28.8 Å². The molecule has 1 aliphatic carbocycles. The van der Waals surface area contributed by atoms with Gasteiger partial charge in [-0.15, -0.1) is 12.4 Å². The van der Waals surface area contributed by atoms with Crippen molar-refractivity contribution >= 4 is 39.9 Å². The SMILES string of the molecule is Cl.O=C(CNC1CCCC1C1COCCN1)Nc1ccc(Br)cc1. The molecule has 0 bridgehead atoms. The molecular formula is C17H25BrClN3O2. The Morgan fingerprint density at radius 2 is 2.08 bits per heavy atom. The number of hydrogen-bond donors (Lipinski definition) is 3. The first-order chi connectivity index (χ1) is 11.2. The van der Waals surface area contributed by atoms with Gasteiger partial charge in [-0.25, -0.2) is 0 Å². The van der Waals surface area contributed by atoms with Crippen molar-refractivity contribution in [2.45, 2.75) is 31.3 Å². The minimum atomic E-state index is 0. The summed E-state index contributed by atoms with van der Waals surface area (Å²) in [7, 11) is 0. The Kier molecular flexibility index (Phi) is 7.97. The maximum atomic E-state index is 12.1. The molecule has 24 heavy (non-hydrogen) atoms. The summed E-state index contributed by atoms with van der Waals surface area (Å²) < 4.78 is 6.59. The molecule has 0 aromatic heterocycles. The number of amides is 1. The fraction of sp³-hybridized carbons (Fsp3) is 0.588. The molecule has 1 aromatic carbocycles. The fourth-order valence-corrected chi connectivity index (χ4v) is 3.81. The Balaban J connectivity index is 0.00000208. The van der Waals surface area contributed by atoms with Crippen molar-refractivity contribution in [3.63, 3.8) is 0 Å². The van der Waals surface area contributed by atoms with E-state index in [1.807, 2.05) is 24.3 Å². The van der Waals surface area contributed by atoms with Gasteiger partial charge in [-0.3, -0.25) is 4.79 Å². The third-order valence-electron chi connectivity index (χ3n) is 4.69. The van der Waals surface area contributed by atoms with Gasteiger partial charge >= 0.3 is 0 Å². The molecule has 1 saturated carbocycles. The lowest BCUT2D eigenvalue weighted by Gasteiger charge is -2.32. The molecular weight excluding hydrogens is 394 g/mol. The Morgan fingerprint density at radius 3 is 2.79 bits per heavy atom. The van der Waals surface area contributed by atoms with Gasteiger partial charge in [-0.05, 0) is 43.0 Å². The summed E-state index contributed by atoms with van der Waals surface area (Å²) in [5, 5.41) is 9.92. The molecule has 7 heteroatoms. The van der Waals surface area contributed by atoms with Crippen LogP contribution in [0.4, 0.5) is 5.69 Å². The molecule has 134 valence electrons. The van der Waals surface area contributed by atoms with Crippen LogP contribution in [-0.2, 0) is 9.53 Å². The zero-order chi connectivity index (χ0) is 16.1. The van der Waals surface area contributed by atoms with Gasteiger partial charge in [0.2, 0.25) is 5.91 Å². The molecule has 1 saturated heterocycles. The van der Waals surface area contributed by atoms with Crippen molar-refractivity contribution in [3.05, 3.63) is 28.7 Å². The van der Waals surface area contributed by atoms with Gasteiger partial charge in [0.05, 0.1) is 19.8 Å². The number of anilines is 1. The maximum absolute atomic E-state index is 12.1. The maximum Gasteiger partial charge on any atom is 0.238 e. The summed E-state index contributed by atoms with van der Waals surface area (Å²) in [5.74, 6) is 0.557. The molecule has 5 nitrogen and oxygen atoms in total. The molecule has 3 atom stereocenters. The van der Waals surface area contributed by atoms with E-state index in [0.29, 0.717) is 24.5 Å². The predicted molar refractivity (Wildman–Crippen MR) is 102 cm³/mol. The largest absolute Gasteiger partial charge is 0.379 e. The highest BCUT2D eigenvalue weighted by atomic mass is 79.9. The molecule has 1 aliphatic heterocycles. The van der Waals surface area contributed by atoms with E-state index in [4.69, 9.17) is 4.74 Å². The van der Waals surface area contributed by atoms with Crippen molar-refractivity contribution in [2.75, 3.05) is 31.6 Å². The van der Waals surface area contributed by atoms with Crippen LogP contribution in [0.1, 0.15) is 19.3 Å². The quantitative estimate of drug-likeness (QED) is 0.688. The Bertz CT molecular complexity index is 523. The normalized spacial score (nSPS) is 26.6. The summed E-state index contributed by atoms with van der Waals surface area (Å²) in [4.78, 5) is 12.1. The van der Waals surface area contributed by atoms with E-state index in [1.54, 1.807) is 0 Å². The molecule has 1 heterocycles. The average molecular weight is 419 g/mol. The summed E-state index contributed by atoms with van der Waals surface area (Å²) >= 11 is 3.39. The molecule has 3 unspecified atom stereocenters. The van der Waals surface area contributed by atoms with E-state index in [9.17, 15) is 4.79 Å². The molecule has 1 aromatic rings. The number of halogens is 2. The lowest BCUT2D eigenvalue weighted by Crippen LogP contribution is -2.51. The number of hydrogen-bond acceptors (Lipinski definition) is 4. The van der Waals surface area contributed by atoms with Crippen LogP contribution >= 0.6 is 28.3 Å². The second-order valence-electron chi connectivity index (χ2n) is 6.27. The second-order valence-corrected chi connectivity index (χ2v) is 7.19. The minimum Gasteiger partial charge on any atom is -0.379 e. The first kappa shape index (κ1) is 19.7. The number of carbonyl (C=O) groups is 1. The standard InChI is InChI=1S/C17H24BrN3O2.ClH/c18-12-4-6-13(7-5-12)21-17(22)10-20-15-3-1-2-14(15)16-11-23-9-8-19-16;/h4-7,14-16,19-20H,1-3,8-11H2,(H,21,22);1H. The number of rotatable bonds is 5. The summed E-state index contributed by atoms with van der Waals surface area (Å²) in [5.41, 5.74) is 0.824. The zero-order valence-corrected chi connectivity index (χ0v) is 16.0. The number of benzene rings is 1. The van der Waals surface area contributed by atoms with Crippen LogP contribution < -0.4 is 16.0 Å². The van der Waals surface area contributed by atoms with Gasteiger partial charge in [0.25, 0.3) is 0 Å². The van der Waals surface area contributed by atoms with E-state index in [-0.39, 0.29) is 18.3 Å². The fourth-order valence-electron chi connectivity index (χ4n) is 3.55. The van der Waals surface area contributed by atoms with E-state index < -0.39 is 0 Å². The zero-order valence-electron chi connectivity index (χ0n) is 13.6. The molecule has 1 amide bonds. The highest BCUT2D eigenvalue weighted by Gasteiger charge is 2.34. The van der Waals surface area contributed by atoms with Crippen LogP contribution in [0.2, 0.25) is 0 Å². The van der Waals surface area contributed by atoms with Gasteiger partial charge in [0.15, 0.2) is 0 Å². The van der Waals surface area contributed by atoms with Crippen LogP contribution in [0.25, 0.3) is 0 Å². The summed E-state index contributed by atoms with van der Waals surface area (Å²) in [6, 6.07) is 8.44. The topological polar surface area (TPSA) is 62.4 Å². The van der Waals surface area contributed by atoms with Crippen molar-refractivity contribution in [1.29, 1.82) is 0 Å². The van der Waals surface area contributed by atoms with E-state index in [1.165, 1.54) is 12.8 Å². The van der Waals surface area contributed by atoms with E-state index in [2.05, 4.69) is 31.9 Å². The minimum absolute atomic E-state index is 0. The number of nitrogens with one attached hydrogen (secondary N) is 3. The summed E-state index contributed by atoms with van der Waals surface area (Å²) in [6.07, 6.45) is 3.55. The van der Waals surface area contributed by atoms with Gasteiger partial charge < -0.3 is 20.7 Å². The Hall–Kier alpha value is -0.660. The summed E-state index contributed by atoms with van der Waals surface area (Å²) in [6.45, 7) is 2.87. The van der Waals surface area contributed by atoms with Crippen LogP contribution in [-0.4, -0.2) is 44.3 Å². The van der Waals surface area contributed by atoms with Crippen molar-refractivity contribution in [2.24, 2.45) is 5.92 Å². The van der Waals surface area contributed by atoms with E-state index >= 15 is 0 Å². The van der Waals surface area contributed by atoms with Crippen LogP contribution in [0.15, 0.2) is 28.7 Å². The van der Waals surface area contributed by atoms with Crippen molar-refractivity contribution in [1.82, 2.24) is 10.6 Å². The average Bonchev–Trinajstić information content (AvgIpc) is 3.04. The first-order valence-electron chi connectivity index (χ1n) is 8.32. The smallest absolute Gasteiger partial charge is 0.238 e. The first-order valence-corrected chi connectivity index (χ1v) is 9.11. The monoisotopic (exact) mass is 417 g/mol. The molecule has 3 rings (SSSR count).